The van der Waals surface area contributed by atoms with Gasteiger partial charge in [-0.25, -0.2) is 4.39 Å². The van der Waals surface area contributed by atoms with Crippen LogP contribution in [0.1, 0.15) is 47.9 Å². The zero-order chi connectivity index (χ0) is 16.4. The summed E-state index contributed by atoms with van der Waals surface area (Å²) in [6, 6.07) is 14.7. The zero-order valence-electron chi connectivity index (χ0n) is 13.3. The molecule has 118 valence electrons. The highest BCUT2D eigenvalue weighted by Gasteiger charge is 2.33. The molecule has 1 aliphatic rings. The molecule has 0 saturated heterocycles. The van der Waals surface area contributed by atoms with Crippen LogP contribution in [0.25, 0.3) is 0 Å². The number of hydrogen-bond acceptors (Lipinski definition) is 2. The van der Waals surface area contributed by atoms with Gasteiger partial charge in [0.1, 0.15) is 5.82 Å². The third kappa shape index (κ3) is 3.28. The molecule has 0 aromatic heterocycles. The second-order valence-electron chi connectivity index (χ2n) is 6.61. The quantitative estimate of drug-likeness (QED) is 0.890. The van der Waals surface area contributed by atoms with Crippen molar-refractivity contribution in [1.29, 1.82) is 5.26 Å². The molecular weight excluding hydrogens is 287 g/mol. The second-order valence-corrected chi connectivity index (χ2v) is 6.61. The molecule has 0 heterocycles. The summed E-state index contributed by atoms with van der Waals surface area (Å²) in [6.45, 7) is 1.76. The van der Waals surface area contributed by atoms with Gasteiger partial charge in [-0.2, -0.15) is 5.26 Å². The smallest absolute Gasteiger partial charge is 0.126 e. The van der Waals surface area contributed by atoms with Gasteiger partial charge >= 0.3 is 0 Å². The van der Waals surface area contributed by atoms with Crippen LogP contribution in [0.4, 0.5) is 4.39 Å². The molecule has 2 N–H and O–H groups in total. The number of nitriles is 1. The van der Waals surface area contributed by atoms with E-state index in [1.165, 1.54) is 18.9 Å². The number of nitrogens with zero attached hydrogens (tertiary/aromatic N) is 1. The van der Waals surface area contributed by atoms with Gasteiger partial charge in [-0.3, -0.25) is 0 Å². The summed E-state index contributed by atoms with van der Waals surface area (Å²) in [5, 5.41) is 9.17. The number of halogens is 1. The van der Waals surface area contributed by atoms with Crippen LogP contribution in [0, 0.1) is 30.0 Å². The highest BCUT2D eigenvalue weighted by molar-refractivity contribution is 5.43. The first-order valence-corrected chi connectivity index (χ1v) is 8.09. The third-order valence-electron chi connectivity index (χ3n) is 4.82. The molecule has 1 saturated carbocycles. The summed E-state index contributed by atoms with van der Waals surface area (Å²) >= 11 is 0. The van der Waals surface area contributed by atoms with Crippen molar-refractivity contribution in [2.24, 2.45) is 11.7 Å². The van der Waals surface area contributed by atoms with Gasteiger partial charge in [-0.1, -0.05) is 37.1 Å². The van der Waals surface area contributed by atoms with Crippen LogP contribution < -0.4 is 5.73 Å². The summed E-state index contributed by atoms with van der Waals surface area (Å²) in [4.78, 5) is 0. The monoisotopic (exact) mass is 308 g/mol. The lowest BCUT2D eigenvalue weighted by Gasteiger charge is -2.31. The number of nitrogens with two attached hydrogens (primary N) is 1. The first kappa shape index (κ1) is 15.7. The maximum atomic E-state index is 13.6. The van der Waals surface area contributed by atoms with Crippen LogP contribution in [0.5, 0.6) is 0 Å². The first-order valence-electron chi connectivity index (χ1n) is 8.09. The lowest BCUT2D eigenvalue weighted by atomic mass is 9.78. The fourth-order valence-electron chi connectivity index (χ4n) is 3.08. The Labute approximate surface area is 136 Å². The number of hydrogen-bond donors (Lipinski definition) is 1. The first-order chi connectivity index (χ1) is 11.0. The summed E-state index contributed by atoms with van der Waals surface area (Å²) in [6.07, 6.45) is 4.41. The Morgan fingerprint density at radius 1 is 1.22 bits per heavy atom. The predicted molar refractivity (Wildman–Crippen MR) is 89.2 cm³/mol. The van der Waals surface area contributed by atoms with Gasteiger partial charge in [-0.05, 0) is 60.6 Å². The third-order valence-corrected chi connectivity index (χ3v) is 4.82. The minimum atomic E-state index is -0.687. The van der Waals surface area contributed by atoms with Crippen LogP contribution in [-0.2, 0) is 5.54 Å². The van der Waals surface area contributed by atoms with Crippen LogP contribution in [0.3, 0.4) is 0 Å². The van der Waals surface area contributed by atoms with Crippen molar-refractivity contribution in [3.8, 4) is 6.07 Å². The molecule has 0 radical (unpaired) electrons. The summed E-state index contributed by atoms with van der Waals surface area (Å²) in [5.74, 6) is 0.544. The molecule has 2 aromatic carbocycles. The van der Waals surface area contributed by atoms with Crippen LogP contribution >= 0.6 is 0 Å². The van der Waals surface area contributed by atoms with E-state index in [1.54, 1.807) is 19.1 Å². The van der Waals surface area contributed by atoms with Crippen molar-refractivity contribution >= 4 is 0 Å². The Kier molecular flexibility index (Phi) is 4.19. The van der Waals surface area contributed by atoms with Crippen LogP contribution in [0.2, 0.25) is 0 Å². The van der Waals surface area contributed by atoms with Crippen molar-refractivity contribution in [3.05, 3.63) is 70.5 Å². The number of benzene rings is 2. The van der Waals surface area contributed by atoms with Crippen LogP contribution in [0.15, 0.2) is 42.5 Å². The lowest BCUT2D eigenvalue weighted by Crippen LogP contribution is -2.38. The van der Waals surface area contributed by atoms with Gasteiger partial charge in [0.2, 0.25) is 0 Å². The molecule has 2 nitrogen and oxygen atoms in total. The van der Waals surface area contributed by atoms with E-state index in [4.69, 9.17) is 11.0 Å². The maximum Gasteiger partial charge on any atom is 0.126 e. The Morgan fingerprint density at radius 2 is 1.96 bits per heavy atom. The Balaban J connectivity index is 2.04. The van der Waals surface area contributed by atoms with E-state index in [1.807, 2.05) is 24.3 Å². The fourth-order valence-corrected chi connectivity index (χ4v) is 3.08. The minimum absolute atomic E-state index is 0.218. The Hall–Kier alpha value is -2.18. The summed E-state index contributed by atoms with van der Waals surface area (Å²) in [7, 11) is 0. The van der Waals surface area contributed by atoms with Crippen molar-refractivity contribution < 1.29 is 4.39 Å². The van der Waals surface area contributed by atoms with Crippen molar-refractivity contribution in [3.63, 3.8) is 0 Å². The van der Waals surface area contributed by atoms with Gasteiger partial charge in [-0.15, -0.1) is 0 Å². The summed E-state index contributed by atoms with van der Waals surface area (Å²) in [5.41, 5.74) is 9.17. The summed E-state index contributed by atoms with van der Waals surface area (Å²) < 4.78 is 13.6. The SMILES string of the molecule is Cc1cc(C(N)(CCC2CC2)c2cccc(C#N)c2)ccc1F. The molecule has 1 unspecified atom stereocenters. The van der Waals surface area contributed by atoms with Gasteiger partial charge in [0, 0.05) is 0 Å². The highest BCUT2D eigenvalue weighted by Crippen LogP contribution is 2.40. The van der Waals surface area contributed by atoms with E-state index in [9.17, 15) is 4.39 Å². The molecule has 3 heteroatoms. The van der Waals surface area contributed by atoms with Crippen molar-refractivity contribution in [1.82, 2.24) is 0 Å². The van der Waals surface area contributed by atoms with E-state index >= 15 is 0 Å². The zero-order valence-corrected chi connectivity index (χ0v) is 13.3. The molecule has 2 aromatic rings. The molecule has 0 aliphatic heterocycles. The normalized spacial score (nSPS) is 16.6. The number of aryl methyl sites for hydroxylation is 1. The molecule has 3 rings (SSSR count). The average molecular weight is 308 g/mol. The van der Waals surface area contributed by atoms with Gasteiger partial charge < -0.3 is 5.73 Å². The molecule has 0 bridgehead atoms. The average Bonchev–Trinajstić information content (AvgIpc) is 3.39. The Bertz CT molecular complexity index is 758. The lowest BCUT2D eigenvalue weighted by molar-refractivity contribution is 0.454. The standard InChI is InChI=1S/C20H21FN2/c1-14-11-18(7-8-19(14)21)20(23,10-9-15-5-6-15)17-4-2-3-16(12-17)13-22/h2-4,7-8,11-12,15H,5-6,9-10,23H2,1H3. The van der Waals surface area contributed by atoms with Gasteiger partial charge in [0.25, 0.3) is 0 Å². The molecule has 0 spiro atoms. The van der Waals surface area contributed by atoms with Crippen LogP contribution in [-0.4, -0.2) is 0 Å². The largest absolute Gasteiger partial charge is 0.318 e. The molecular formula is C20H21FN2. The predicted octanol–water partition coefficient (Wildman–Crippen LogP) is 4.40. The Morgan fingerprint density at radius 3 is 2.61 bits per heavy atom. The van der Waals surface area contributed by atoms with E-state index in [-0.39, 0.29) is 5.82 Å². The number of rotatable bonds is 5. The highest BCUT2D eigenvalue weighted by atomic mass is 19.1. The van der Waals surface area contributed by atoms with E-state index in [2.05, 4.69) is 6.07 Å². The molecule has 0 amide bonds. The molecule has 1 atom stereocenters. The topological polar surface area (TPSA) is 49.8 Å². The molecule has 23 heavy (non-hydrogen) atoms. The maximum absolute atomic E-state index is 13.6. The van der Waals surface area contributed by atoms with E-state index < -0.39 is 5.54 Å². The fraction of sp³-hybridized carbons (Fsp3) is 0.350. The minimum Gasteiger partial charge on any atom is -0.318 e. The van der Waals surface area contributed by atoms with E-state index in [0.29, 0.717) is 11.1 Å². The molecule has 1 aliphatic carbocycles. The molecule has 1 fully saturated rings. The van der Waals surface area contributed by atoms with E-state index in [0.717, 1.165) is 29.9 Å². The van der Waals surface area contributed by atoms with Crippen molar-refractivity contribution in [2.75, 3.05) is 0 Å². The van der Waals surface area contributed by atoms with Gasteiger partial charge in [0.05, 0.1) is 17.2 Å². The second kappa shape index (κ2) is 6.14. The van der Waals surface area contributed by atoms with Gasteiger partial charge in [0.15, 0.2) is 0 Å². The van der Waals surface area contributed by atoms with Crippen molar-refractivity contribution in [2.45, 2.75) is 38.1 Å².